The van der Waals surface area contributed by atoms with Gasteiger partial charge in [-0.2, -0.15) is 0 Å². The molecule has 2 nitrogen and oxygen atoms in total. The van der Waals surface area contributed by atoms with Crippen molar-refractivity contribution in [2.45, 2.75) is 46.6 Å². The lowest BCUT2D eigenvalue weighted by Gasteiger charge is -2.34. The van der Waals surface area contributed by atoms with Crippen LogP contribution in [0.2, 0.25) is 0 Å². The third-order valence-electron chi connectivity index (χ3n) is 4.07. The summed E-state index contributed by atoms with van der Waals surface area (Å²) in [6, 6.07) is 6.70. The molecule has 1 aromatic rings. The van der Waals surface area contributed by atoms with Gasteiger partial charge in [0.25, 0.3) is 0 Å². The molecule has 106 valence electrons. The first-order valence-electron chi connectivity index (χ1n) is 7.51. The van der Waals surface area contributed by atoms with Crippen LogP contribution < -0.4 is 10.2 Å². The Balaban J connectivity index is 2.38. The Morgan fingerprint density at radius 1 is 1.37 bits per heavy atom. The fraction of sp³-hybridized carbons (Fsp3) is 0.647. The van der Waals surface area contributed by atoms with E-state index >= 15 is 0 Å². The zero-order valence-electron chi connectivity index (χ0n) is 13.1. The lowest BCUT2D eigenvalue weighted by molar-refractivity contribution is 0.401. The van der Waals surface area contributed by atoms with Gasteiger partial charge in [0.15, 0.2) is 0 Å². The van der Waals surface area contributed by atoms with Gasteiger partial charge >= 0.3 is 0 Å². The van der Waals surface area contributed by atoms with Crippen LogP contribution in [0.15, 0.2) is 18.2 Å². The molecule has 1 atom stereocenters. The molecule has 0 amide bonds. The molecule has 1 fully saturated rings. The number of hydrogen-bond acceptors (Lipinski definition) is 2. The summed E-state index contributed by atoms with van der Waals surface area (Å²) in [4.78, 5) is 2.60. The second-order valence-electron chi connectivity index (χ2n) is 6.69. The van der Waals surface area contributed by atoms with Gasteiger partial charge in [-0.3, -0.25) is 0 Å². The first-order chi connectivity index (χ1) is 8.93. The average molecular weight is 260 g/mol. The lowest BCUT2D eigenvalue weighted by atomic mass is 10.0. The van der Waals surface area contributed by atoms with Crippen LogP contribution in [0.1, 0.15) is 38.8 Å². The van der Waals surface area contributed by atoms with E-state index < -0.39 is 0 Å². The van der Waals surface area contributed by atoms with Crippen LogP contribution in [0, 0.1) is 12.8 Å². The van der Waals surface area contributed by atoms with E-state index in [9.17, 15) is 0 Å². The molecule has 0 aromatic heterocycles. The normalized spacial score (nSPS) is 23.2. The van der Waals surface area contributed by atoms with Crippen LogP contribution in [0.3, 0.4) is 0 Å². The summed E-state index contributed by atoms with van der Waals surface area (Å²) in [5.74, 6) is 0.686. The summed E-state index contributed by atoms with van der Waals surface area (Å²) in [6.45, 7) is 14.8. The number of anilines is 1. The molecule has 2 rings (SSSR count). The van der Waals surface area contributed by atoms with E-state index in [2.05, 4.69) is 63.0 Å². The summed E-state index contributed by atoms with van der Waals surface area (Å²) >= 11 is 0. The molecule has 1 aliphatic rings. The minimum absolute atomic E-state index is 0.179. The minimum atomic E-state index is 0.179. The molecule has 0 radical (unpaired) electrons. The van der Waals surface area contributed by atoms with Crippen LogP contribution in [-0.4, -0.2) is 25.2 Å². The molecular weight excluding hydrogens is 232 g/mol. The average Bonchev–Trinajstić information content (AvgIpc) is 2.47. The monoisotopic (exact) mass is 260 g/mol. The molecule has 1 N–H and O–H groups in total. The van der Waals surface area contributed by atoms with E-state index in [1.54, 1.807) is 0 Å². The third kappa shape index (κ3) is 3.30. The Labute approximate surface area is 118 Å². The fourth-order valence-corrected chi connectivity index (χ4v) is 3.12. The summed E-state index contributed by atoms with van der Waals surface area (Å²) in [7, 11) is 0. The van der Waals surface area contributed by atoms with E-state index in [4.69, 9.17) is 0 Å². The Kier molecular flexibility index (Phi) is 4.19. The number of para-hydroxylation sites is 1. The topological polar surface area (TPSA) is 15.3 Å². The number of hydrogen-bond donors (Lipinski definition) is 1. The van der Waals surface area contributed by atoms with Crippen molar-refractivity contribution in [2.24, 2.45) is 5.92 Å². The van der Waals surface area contributed by atoms with Crippen molar-refractivity contribution in [3.63, 3.8) is 0 Å². The maximum Gasteiger partial charge on any atom is 0.0429 e. The fourth-order valence-electron chi connectivity index (χ4n) is 3.12. The molecule has 1 saturated heterocycles. The molecule has 1 aliphatic heterocycles. The maximum atomic E-state index is 3.69. The highest BCUT2D eigenvalue weighted by atomic mass is 15.2. The van der Waals surface area contributed by atoms with Crippen molar-refractivity contribution in [2.75, 3.05) is 24.5 Å². The molecule has 0 bridgehead atoms. The standard InChI is InChI=1S/C17H28N2/c1-6-15-9-7-8-14(3)16(15)19-11-13(2)10-18-17(4,5)12-19/h7-9,13,18H,6,10-12H2,1-5H3. The summed E-state index contributed by atoms with van der Waals surface area (Å²) in [6.07, 6.45) is 1.11. The largest absolute Gasteiger partial charge is 0.369 e. The Morgan fingerprint density at radius 2 is 2.11 bits per heavy atom. The van der Waals surface area contributed by atoms with Crippen LogP contribution in [0.4, 0.5) is 5.69 Å². The van der Waals surface area contributed by atoms with Gasteiger partial charge in [-0.05, 0) is 50.8 Å². The quantitative estimate of drug-likeness (QED) is 0.877. The van der Waals surface area contributed by atoms with Crippen molar-refractivity contribution in [3.8, 4) is 0 Å². The Hall–Kier alpha value is -1.02. The van der Waals surface area contributed by atoms with Gasteiger partial charge in [0, 0.05) is 24.3 Å². The molecule has 2 heteroatoms. The van der Waals surface area contributed by atoms with E-state index in [0.717, 1.165) is 26.1 Å². The predicted molar refractivity (Wildman–Crippen MR) is 84.0 cm³/mol. The highest BCUT2D eigenvalue weighted by Gasteiger charge is 2.28. The van der Waals surface area contributed by atoms with Crippen molar-refractivity contribution in [1.29, 1.82) is 0 Å². The number of benzene rings is 1. The van der Waals surface area contributed by atoms with Crippen LogP contribution >= 0.6 is 0 Å². The molecule has 1 aromatic carbocycles. The molecular formula is C17H28N2. The second kappa shape index (κ2) is 5.54. The van der Waals surface area contributed by atoms with Gasteiger partial charge in [0.1, 0.15) is 0 Å². The van der Waals surface area contributed by atoms with Gasteiger partial charge in [-0.1, -0.05) is 32.0 Å². The number of rotatable bonds is 2. The van der Waals surface area contributed by atoms with Gasteiger partial charge in [0.2, 0.25) is 0 Å². The number of nitrogens with one attached hydrogen (secondary N) is 1. The van der Waals surface area contributed by atoms with E-state index in [0.29, 0.717) is 5.92 Å². The molecule has 0 saturated carbocycles. The van der Waals surface area contributed by atoms with Crippen LogP contribution in [0.5, 0.6) is 0 Å². The molecule has 1 unspecified atom stereocenters. The highest BCUT2D eigenvalue weighted by molar-refractivity contribution is 5.60. The lowest BCUT2D eigenvalue weighted by Crippen LogP contribution is -2.46. The number of aryl methyl sites for hydroxylation is 2. The first-order valence-corrected chi connectivity index (χ1v) is 7.51. The van der Waals surface area contributed by atoms with Crippen LogP contribution in [-0.2, 0) is 6.42 Å². The zero-order valence-corrected chi connectivity index (χ0v) is 13.1. The highest BCUT2D eigenvalue weighted by Crippen LogP contribution is 2.29. The van der Waals surface area contributed by atoms with E-state index in [1.165, 1.54) is 16.8 Å². The molecule has 19 heavy (non-hydrogen) atoms. The van der Waals surface area contributed by atoms with Crippen molar-refractivity contribution in [1.82, 2.24) is 5.32 Å². The van der Waals surface area contributed by atoms with Crippen LogP contribution in [0.25, 0.3) is 0 Å². The Bertz CT molecular complexity index is 437. The van der Waals surface area contributed by atoms with Gasteiger partial charge < -0.3 is 10.2 Å². The summed E-state index contributed by atoms with van der Waals surface area (Å²) < 4.78 is 0. The van der Waals surface area contributed by atoms with Gasteiger partial charge in [-0.25, -0.2) is 0 Å². The molecule has 0 aliphatic carbocycles. The minimum Gasteiger partial charge on any atom is -0.369 e. The molecule has 1 heterocycles. The number of nitrogens with zero attached hydrogens (tertiary/aromatic N) is 1. The second-order valence-corrected chi connectivity index (χ2v) is 6.69. The predicted octanol–water partition coefficient (Wildman–Crippen LogP) is 3.38. The smallest absolute Gasteiger partial charge is 0.0429 e. The van der Waals surface area contributed by atoms with Crippen molar-refractivity contribution >= 4 is 5.69 Å². The zero-order chi connectivity index (χ0) is 14.0. The van der Waals surface area contributed by atoms with E-state index in [-0.39, 0.29) is 5.54 Å². The summed E-state index contributed by atoms with van der Waals surface area (Å²) in [5.41, 5.74) is 4.53. The van der Waals surface area contributed by atoms with E-state index in [1.807, 2.05) is 0 Å². The summed E-state index contributed by atoms with van der Waals surface area (Å²) in [5, 5.41) is 3.69. The van der Waals surface area contributed by atoms with Gasteiger partial charge in [0.05, 0.1) is 0 Å². The van der Waals surface area contributed by atoms with Crippen molar-refractivity contribution < 1.29 is 0 Å². The Morgan fingerprint density at radius 3 is 2.79 bits per heavy atom. The van der Waals surface area contributed by atoms with Crippen molar-refractivity contribution in [3.05, 3.63) is 29.3 Å². The molecule has 0 spiro atoms. The van der Waals surface area contributed by atoms with Gasteiger partial charge in [-0.15, -0.1) is 0 Å². The maximum absolute atomic E-state index is 3.69. The third-order valence-corrected chi connectivity index (χ3v) is 4.07. The SMILES string of the molecule is CCc1cccc(C)c1N1CC(C)CNC(C)(C)C1. The first kappa shape index (κ1) is 14.4.